The second-order valence-electron chi connectivity index (χ2n) is 4.71. The SMILES string of the molecule is CC(C)C(N)C(=O)N(C)C(=O)OCc1ccccc1. The Kier molecular flexibility index (Phi) is 5.51. The topological polar surface area (TPSA) is 72.6 Å². The van der Waals surface area contributed by atoms with Gasteiger partial charge in [-0.25, -0.2) is 9.69 Å². The average molecular weight is 264 g/mol. The van der Waals surface area contributed by atoms with E-state index >= 15 is 0 Å². The fraction of sp³-hybridized carbons (Fsp3) is 0.429. The van der Waals surface area contributed by atoms with E-state index in [2.05, 4.69) is 0 Å². The van der Waals surface area contributed by atoms with E-state index in [9.17, 15) is 9.59 Å². The van der Waals surface area contributed by atoms with Crippen LogP contribution in [0.25, 0.3) is 0 Å². The zero-order chi connectivity index (χ0) is 14.4. The largest absolute Gasteiger partial charge is 0.444 e. The van der Waals surface area contributed by atoms with E-state index in [0.717, 1.165) is 10.5 Å². The third-order valence-electron chi connectivity index (χ3n) is 2.81. The minimum Gasteiger partial charge on any atom is -0.444 e. The summed E-state index contributed by atoms with van der Waals surface area (Å²) in [7, 11) is 1.37. The Morgan fingerprint density at radius 2 is 1.84 bits per heavy atom. The van der Waals surface area contributed by atoms with Crippen molar-refractivity contribution in [2.45, 2.75) is 26.5 Å². The van der Waals surface area contributed by atoms with Crippen molar-refractivity contribution in [1.82, 2.24) is 4.90 Å². The quantitative estimate of drug-likeness (QED) is 0.899. The summed E-state index contributed by atoms with van der Waals surface area (Å²) >= 11 is 0. The number of carbonyl (C=O) groups excluding carboxylic acids is 2. The van der Waals surface area contributed by atoms with Gasteiger partial charge in [0.1, 0.15) is 6.61 Å². The number of hydrogen-bond acceptors (Lipinski definition) is 4. The molecule has 5 heteroatoms. The lowest BCUT2D eigenvalue weighted by Gasteiger charge is -2.21. The fourth-order valence-electron chi connectivity index (χ4n) is 1.41. The molecule has 2 N–H and O–H groups in total. The van der Waals surface area contributed by atoms with Crippen LogP contribution in [0.15, 0.2) is 30.3 Å². The molecule has 1 atom stereocenters. The molecule has 5 nitrogen and oxygen atoms in total. The average Bonchev–Trinajstić information content (AvgIpc) is 2.43. The first-order chi connectivity index (χ1) is 8.93. The van der Waals surface area contributed by atoms with Gasteiger partial charge in [0.05, 0.1) is 6.04 Å². The number of benzene rings is 1. The van der Waals surface area contributed by atoms with E-state index in [1.807, 2.05) is 44.2 Å². The molecule has 0 radical (unpaired) electrons. The predicted molar refractivity (Wildman–Crippen MR) is 72.2 cm³/mol. The molecule has 0 bridgehead atoms. The first-order valence-electron chi connectivity index (χ1n) is 6.17. The molecule has 104 valence electrons. The van der Waals surface area contributed by atoms with Crippen LogP contribution in [0.5, 0.6) is 0 Å². The van der Waals surface area contributed by atoms with E-state index in [1.54, 1.807) is 0 Å². The van der Waals surface area contributed by atoms with Crippen LogP contribution >= 0.6 is 0 Å². The number of rotatable bonds is 4. The summed E-state index contributed by atoms with van der Waals surface area (Å²) in [5, 5.41) is 0. The maximum Gasteiger partial charge on any atom is 0.416 e. The zero-order valence-electron chi connectivity index (χ0n) is 11.5. The summed E-state index contributed by atoms with van der Waals surface area (Å²) in [6.07, 6.45) is -0.690. The van der Waals surface area contributed by atoms with Gasteiger partial charge in [0, 0.05) is 7.05 Å². The predicted octanol–water partition coefficient (Wildman–Crippen LogP) is 1.76. The highest BCUT2D eigenvalue weighted by Gasteiger charge is 2.26. The highest BCUT2D eigenvalue weighted by Crippen LogP contribution is 2.06. The summed E-state index contributed by atoms with van der Waals surface area (Å²) < 4.78 is 5.05. The molecule has 0 aliphatic rings. The lowest BCUT2D eigenvalue weighted by molar-refractivity contribution is -0.130. The monoisotopic (exact) mass is 264 g/mol. The summed E-state index contributed by atoms with van der Waals surface area (Å²) in [5.74, 6) is -0.468. The highest BCUT2D eigenvalue weighted by molar-refractivity contribution is 5.94. The first kappa shape index (κ1) is 15.2. The molecule has 2 amide bonds. The van der Waals surface area contributed by atoms with Crippen molar-refractivity contribution in [3.63, 3.8) is 0 Å². The van der Waals surface area contributed by atoms with Crippen molar-refractivity contribution in [1.29, 1.82) is 0 Å². The molecule has 19 heavy (non-hydrogen) atoms. The van der Waals surface area contributed by atoms with Crippen LogP contribution in [-0.2, 0) is 16.1 Å². The number of amides is 2. The molecule has 0 aliphatic heterocycles. The Morgan fingerprint density at radius 1 is 1.26 bits per heavy atom. The van der Waals surface area contributed by atoms with Gasteiger partial charge in [-0.3, -0.25) is 4.79 Å². The number of ether oxygens (including phenoxy) is 1. The molecule has 1 aromatic rings. The van der Waals surface area contributed by atoms with Crippen molar-refractivity contribution < 1.29 is 14.3 Å². The van der Waals surface area contributed by atoms with E-state index in [1.165, 1.54) is 7.05 Å². The molecular weight excluding hydrogens is 244 g/mol. The number of imide groups is 1. The van der Waals surface area contributed by atoms with Gasteiger partial charge in [-0.05, 0) is 11.5 Å². The van der Waals surface area contributed by atoms with Crippen molar-refractivity contribution >= 4 is 12.0 Å². The molecule has 1 rings (SSSR count). The smallest absolute Gasteiger partial charge is 0.416 e. The highest BCUT2D eigenvalue weighted by atomic mass is 16.6. The third kappa shape index (κ3) is 4.37. The van der Waals surface area contributed by atoms with Gasteiger partial charge in [-0.1, -0.05) is 44.2 Å². The summed E-state index contributed by atoms with van der Waals surface area (Å²) in [5.41, 5.74) is 6.57. The number of carbonyl (C=O) groups is 2. The number of hydrogen-bond donors (Lipinski definition) is 1. The minimum atomic E-state index is -0.700. The van der Waals surface area contributed by atoms with Gasteiger partial charge in [-0.2, -0.15) is 0 Å². The van der Waals surface area contributed by atoms with Gasteiger partial charge < -0.3 is 10.5 Å². The van der Waals surface area contributed by atoms with Crippen LogP contribution in [0.1, 0.15) is 19.4 Å². The Bertz CT molecular complexity index is 432. The Morgan fingerprint density at radius 3 is 2.37 bits per heavy atom. The molecule has 0 aliphatic carbocycles. The molecule has 1 aromatic carbocycles. The number of nitrogens with zero attached hydrogens (tertiary/aromatic N) is 1. The van der Waals surface area contributed by atoms with E-state index in [-0.39, 0.29) is 12.5 Å². The van der Waals surface area contributed by atoms with E-state index < -0.39 is 18.0 Å². The van der Waals surface area contributed by atoms with Crippen LogP contribution in [0.2, 0.25) is 0 Å². The summed E-state index contributed by atoms with van der Waals surface area (Å²) in [6, 6.07) is 8.57. The van der Waals surface area contributed by atoms with E-state index in [0.29, 0.717) is 0 Å². The van der Waals surface area contributed by atoms with Crippen LogP contribution in [0, 0.1) is 5.92 Å². The zero-order valence-corrected chi connectivity index (χ0v) is 11.5. The fourth-order valence-corrected chi connectivity index (χ4v) is 1.41. The Labute approximate surface area is 113 Å². The lowest BCUT2D eigenvalue weighted by atomic mass is 10.0. The van der Waals surface area contributed by atoms with Gasteiger partial charge in [0.2, 0.25) is 5.91 Å². The summed E-state index contributed by atoms with van der Waals surface area (Å²) in [6.45, 7) is 3.78. The Balaban J connectivity index is 2.51. The van der Waals surface area contributed by atoms with Gasteiger partial charge in [-0.15, -0.1) is 0 Å². The second-order valence-corrected chi connectivity index (χ2v) is 4.71. The normalized spacial score (nSPS) is 12.1. The van der Waals surface area contributed by atoms with Crippen molar-refractivity contribution in [3.8, 4) is 0 Å². The number of nitrogens with two attached hydrogens (primary N) is 1. The first-order valence-corrected chi connectivity index (χ1v) is 6.17. The van der Waals surface area contributed by atoms with Gasteiger partial charge >= 0.3 is 6.09 Å². The molecule has 0 saturated carbocycles. The van der Waals surface area contributed by atoms with Crippen LogP contribution in [-0.4, -0.2) is 30.0 Å². The number of likely N-dealkylation sites (N-methyl/N-ethyl adjacent to an activating group) is 1. The summed E-state index contributed by atoms with van der Waals surface area (Å²) in [4.78, 5) is 24.5. The maximum atomic E-state index is 11.8. The Hall–Kier alpha value is -1.88. The maximum absolute atomic E-state index is 11.8. The second kappa shape index (κ2) is 6.89. The molecule has 0 fully saturated rings. The lowest BCUT2D eigenvalue weighted by Crippen LogP contribution is -2.47. The molecular formula is C14H20N2O3. The molecule has 0 aromatic heterocycles. The minimum absolute atomic E-state index is 0.0307. The standard InChI is InChI=1S/C14H20N2O3/c1-10(2)12(15)13(17)16(3)14(18)19-9-11-7-5-4-6-8-11/h4-8,10,12H,9,15H2,1-3H3. The van der Waals surface area contributed by atoms with Gasteiger partial charge in [0.25, 0.3) is 0 Å². The third-order valence-corrected chi connectivity index (χ3v) is 2.81. The molecule has 0 spiro atoms. The van der Waals surface area contributed by atoms with E-state index in [4.69, 9.17) is 10.5 Å². The van der Waals surface area contributed by atoms with Crippen LogP contribution in [0.3, 0.4) is 0 Å². The molecule has 0 saturated heterocycles. The van der Waals surface area contributed by atoms with Crippen molar-refractivity contribution in [2.24, 2.45) is 11.7 Å². The van der Waals surface area contributed by atoms with Crippen molar-refractivity contribution in [3.05, 3.63) is 35.9 Å². The van der Waals surface area contributed by atoms with Crippen LogP contribution in [0.4, 0.5) is 4.79 Å². The van der Waals surface area contributed by atoms with Crippen LogP contribution < -0.4 is 5.73 Å². The van der Waals surface area contributed by atoms with Gasteiger partial charge in [0.15, 0.2) is 0 Å². The molecule has 0 heterocycles. The molecule has 1 unspecified atom stereocenters. The van der Waals surface area contributed by atoms with Crippen molar-refractivity contribution in [2.75, 3.05) is 7.05 Å².